The highest BCUT2D eigenvalue weighted by molar-refractivity contribution is 5.62. The molecule has 19 heavy (non-hydrogen) atoms. The van der Waals surface area contributed by atoms with E-state index in [0.29, 0.717) is 0 Å². The van der Waals surface area contributed by atoms with Crippen LogP contribution in [0.5, 0.6) is 0 Å². The summed E-state index contributed by atoms with van der Waals surface area (Å²) in [6.07, 6.45) is 0. The van der Waals surface area contributed by atoms with Crippen molar-refractivity contribution in [2.24, 2.45) is 11.1 Å². The second kappa shape index (κ2) is 4.31. The van der Waals surface area contributed by atoms with Gasteiger partial charge in [0.25, 0.3) is 0 Å². The molecular weight excluding hydrogens is 242 g/mol. The van der Waals surface area contributed by atoms with Crippen molar-refractivity contribution >= 4 is 0 Å². The van der Waals surface area contributed by atoms with Crippen molar-refractivity contribution in [3.63, 3.8) is 0 Å². The first-order valence-corrected chi connectivity index (χ1v) is 5.58. The lowest BCUT2D eigenvalue weighted by Crippen LogP contribution is -2.54. The van der Waals surface area contributed by atoms with Crippen LogP contribution in [0.4, 0.5) is 0 Å². The van der Waals surface area contributed by atoms with Gasteiger partial charge in [0.1, 0.15) is 35.2 Å². The summed E-state index contributed by atoms with van der Waals surface area (Å²) in [5.41, 5.74) is 3.03. The second-order valence-corrected chi connectivity index (χ2v) is 5.33. The minimum Gasteiger partial charge on any atom is -0.384 e. The number of likely N-dealkylation sites (N-methyl/N-ethyl adjacent to an activating group) is 1. The van der Waals surface area contributed by atoms with Gasteiger partial charge in [-0.3, -0.25) is 0 Å². The minimum absolute atomic E-state index is 0.0208. The van der Waals surface area contributed by atoms with Crippen molar-refractivity contribution in [1.82, 2.24) is 4.90 Å². The summed E-state index contributed by atoms with van der Waals surface area (Å²) in [6, 6.07) is 5.30. The highest BCUT2D eigenvalue weighted by atomic mass is 16.3. The molecule has 0 aliphatic carbocycles. The smallest absolute Gasteiger partial charge is 0.173 e. The van der Waals surface area contributed by atoms with Crippen molar-refractivity contribution < 1.29 is 5.11 Å². The SMILES string of the molecule is CN1C(N)=C(C#N)C(=C(C#N)C#N)C1(O)C(C)(C)C. The fraction of sp³-hybridized carbons (Fsp3) is 0.462. The van der Waals surface area contributed by atoms with E-state index >= 15 is 0 Å². The van der Waals surface area contributed by atoms with Crippen molar-refractivity contribution in [3.8, 4) is 18.2 Å². The molecule has 6 heteroatoms. The molecule has 3 N–H and O–H groups in total. The third kappa shape index (κ3) is 1.73. The van der Waals surface area contributed by atoms with Crippen LogP contribution in [0.2, 0.25) is 0 Å². The molecule has 0 aromatic heterocycles. The largest absolute Gasteiger partial charge is 0.384 e. The Morgan fingerprint density at radius 3 is 2.05 bits per heavy atom. The van der Waals surface area contributed by atoms with Gasteiger partial charge in [-0.1, -0.05) is 20.8 Å². The van der Waals surface area contributed by atoms with Crippen LogP contribution < -0.4 is 5.73 Å². The Hall–Kier alpha value is -2.49. The normalized spacial score (nSPS) is 22.8. The fourth-order valence-electron chi connectivity index (χ4n) is 2.24. The van der Waals surface area contributed by atoms with E-state index in [-0.39, 0.29) is 22.5 Å². The van der Waals surface area contributed by atoms with Gasteiger partial charge in [0.05, 0.1) is 5.57 Å². The molecule has 6 nitrogen and oxygen atoms in total. The lowest BCUT2D eigenvalue weighted by atomic mass is 9.76. The predicted molar refractivity (Wildman–Crippen MR) is 67.2 cm³/mol. The Bertz CT molecular complexity index is 587. The molecule has 1 aliphatic rings. The summed E-state index contributed by atoms with van der Waals surface area (Å²) in [7, 11) is 1.53. The number of allylic oxidation sites excluding steroid dienone is 1. The molecule has 1 atom stereocenters. The summed E-state index contributed by atoms with van der Waals surface area (Å²) < 4.78 is 0. The van der Waals surface area contributed by atoms with Crippen LogP contribution >= 0.6 is 0 Å². The zero-order valence-corrected chi connectivity index (χ0v) is 11.3. The third-order valence-corrected chi connectivity index (χ3v) is 3.33. The number of nitriles is 3. The number of hydrogen-bond donors (Lipinski definition) is 2. The summed E-state index contributed by atoms with van der Waals surface area (Å²) in [6.45, 7) is 5.22. The van der Waals surface area contributed by atoms with Gasteiger partial charge in [0, 0.05) is 12.5 Å². The van der Waals surface area contributed by atoms with Gasteiger partial charge in [-0.15, -0.1) is 0 Å². The number of hydrogen-bond acceptors (Lipinski definition) is 6. The summed E-state index contributed by atoms with van der Waals surface area (Å²) >= 11 is 0. The first-order valence-electron chi connectivity index (χ1n) is 5.58. The Labute approximate surface area is 112 Å². The lowest BCUT2D eigenvalue weighted by molar-refractivity contribution is -0.113. The summed E-state index contributed by atoms with van der Waals surface area (Å²) in [4.78, 5) is 1.33. The molecular formula is C13H15N5O. The Morgan fingerprint density at radius 2 is 1.74 bits per heavy atom. The summed E-state index contributed by atoms with van der Waals surface area (Å²) in [5, 5.41) is 38.2. The van der Waals surface area contributed by atoms with Crippen LogP contribution in [0.3, 0.4) is 0 Å². The molecule has 98 valence electrons. The standard InChI is InChI=1S/C13H15N5O/c1-12(2,3)13(19)10(8(5-14)6-15)9(7-16)11(17)18(13)4/h19H,17H2,1-4H3. The maximum absolute atomic E-state index is 11.0. The Morgan fingerprint density at radius 1 is 1.26 bits per heavy atom. The number of rotatable bonds is 0. The van der Waals surface area contributed by atoms with Crippen molar-refractivity contribution in [2.75, 3.05) is 7.05 Å². The van der Waals surface area contributed by atoms with Crippen molar-refractivity contribution in [2.45, 2.75) is 26.5 Å². The van der Waals surface area contributed by atoms with Crippen molar-refractivity contribution in [1.29, 1.82) is 15.8 Å². The quantitative estimate of drug-likeness (QED) is 0.616. The zero-order valence-electron chi connectivity index (χ0n) is 11.3. The van der Waals surface area contributed by atoms with Crippen LogP contribution in [0.25, 0.3) is 0 Å². The van der Waals surface area contributed by atoms with E-state index in [9.17, 15) is 10.4 Å². The summed E-state index contributed by atoms with van der Waals surface area (Å²) in [5.74, 6) is 0.0536. The van der Waals surface area contributed by atoms with E-state index in [1.54, 1.807) is 32.9 Å². The first kappa shape index (κ1) is 14.6. The lowest BCUT2D eigenvalue weighted by Gasteiger charge is -2.44. The highest BCUT2D eigenvalue weighted by Gasteiger charge is 2.55. The third-order valence-electron chi connectivity index (χ3n) is 3.33. The van der Waals surface area contributed by atoms with Gasteiger partial charge < -0.3 is 15.7 Å². The van der Waals surface area contributed by atoms with E-state index in [4.69, 9.17) is 16.3 Å². The number of aliphatic hydroxyl groups is 1. The molecule has 0 fully saturated rings. The Balaban J connectivity index is 3.83. The van der Waals surface area contributed by atoms with Crippen LogP contribution in [0, 0.1) is 39.4 Å². The first-order chi connectivity index (χ1) is 8.66. The van der Waals surface area contributed by atoms with E-state index < -0.39 is 11.1 Å². The molecule has 0 amide bonds. The minimum atomic E-state index is -1.68. The van der Waals surface area contributed by atoms with Gasteiger partial charge in [-0.05, 0) is 0 Å². The molecule has 1 aliphatic heterocycles. The zero-order chi connectivity index (χ0) is 15.0. The van der Waals surface area contributed by atoms with Gasteiger partial charge >= 0.3 is 0 Å². The fourth-order valence-corrected chi connectivity index (χ4v) is 2.24. The molecule has 0 saturated carbocycles. The average Bonchev–Trinajstić information content (AvgIpc) is 2.53. The van der Waals surface area contributed by atoms with Crippen LogP contribution in [-0.4, -0.2) is 22.8 Å². The number of nitrogens with zero attached hydrogens (tertiary/aromatic N) is 4. The van der Waals surface area contributed by atoms with Crippen LogP contribution in [0.15, 0.2) is 22.5 Å². The number of nitrogens with two attached hydrogens (primary N) is 1. The Kier molecular flexibility index (Phi) is 3.31. The maximum atomic E-state index is 11.0. The molecule has 1 heterocycles. The molecule has 0 bridgehead atoms. The molecule has 0 spiro atoms. The maximum Gasteiger partial charge on any atom is 0.173 e. The van der Waals surface area contributed by atoms with E-state index in [0.717, 1.165) is 0 Å². The molecule has 1 rings (SSSR count). The average molecular weight is 257 g/mol. The predicted octanol–water partition coefficient (Wildman–Crippen LogP) is 0.704. The van der Waals surface area contributed by atoms with E-state index in [1.807, 2.05) is 6.07 Å². The monoisotopic (exact) mass is 257 g/mol. The van der Waals surface area contributed by atoms with Gasteiger partial charge in [0.15, 0.2) is 5.72 Å². The molecule has 0 radical (unpaired) electrons. The van der Waals surface area contributed by atoms with Gasteiger partial charge in [0.2, 0.25) is 0 Å². The van der Waals surface area contributed by atoms with E-state index in [1.165, 1.54) is 11.9 Å². The van der Waals surface area contributed by atoms with Crippen LogP contribution in [-0.2, 0) is 0 Å². The molecule has 1 unspecified atom stereocenters. The van der Waals surface area contributed by atoms with E-state index in [2.05, 4.69) is 0 Å². The second-order valence-electron chi connectivity index (χ2n) is 5.33. The molecule has 0 aromatic carbocycles. The highest BCUT2D eigenvalue weighted by Crippen LogP contribution is 2.48. The molecule has 0 saturated heterocycles. The van der Waals surface area contributed by atoms with Gasteiger partial charge in [-0.2, -0.15) is 15.8 Å². The van der Waals surface area contributed by atoms with Gasteiger partial charge in [-0.25, -0.2) is 0 Å². The van der Waals surface area contributed by atoms with Crippen molar-refractivity contribution in [3.05, 3.63) is 22.5 Å². The van der Waals surface area contributed by atoms with Crippen LogP contribution in [0.1, 0.15) is 20.8 Å². The topological polar surface area (TPSA) is 121 Å². The molecule has 0 aromatic rings.